The van der Waals surface area contributed by atoms with E-state index in [4.69, 9.17) is 0 Å². The first-order valence-electron chi connectivity index (χ1n) is 6.65. The Kier molecular flexibility index (Phi) is 4.31. The van der Waals surface area contributed by atoms with Crippen molar-refractivity contribution in [2.45, 2.75) is 26.3 Å². The Morgan fingerprint density at radius 3 is 2.89 bits per heavy atom. The van der Waals surface area contributed by atoms with Gasteiger partial charge >= 0.3 is 0 Å². The van der Waals surface area contributed by atoms with Gasteiger partial charge < -0.3 is 15.3 Å². The van der Waals surface area contributed by atoms with Crippen molar-refractivity contribution in [2.75, 3.05) is 25.0 Å². The summed E-state index contributed by atoms with van der Waals surface area (Å²) in [5, 5.41) is 12.4. The third kappa shape index (κ3) is 2.84. The Bertz CT molecular complexity index is 435. The Hall–Kier alpha value is -1.69. The van der Waals surface area contributed by atoms with Gasteiger partial charge in [-0.3, -0.25) is 4.79 Å². The van der Waals surface area contributed by atoms with E-state index in [2.05, 4.69) is 15.3 Å². The topological polar surface area (TPSA) is 78.4 Å². The van der Waals surface area contributed by atoms with E-state index in [1.165, 1.54) is 6.20 Å². The zero-order chi connectivity index (χ0) is 13.8. The quantitative estimate of drug-likeness (QED) is 0.839. The molecule has 2 unspecified atom stereocenters. The minimum atomic E-state index is -0.154. The molecule has 1 amide bonds. The van der Waals surface area contributed by atoms with Crippen molar-refractivity contribution in [3.8, 4) is 0 Å². The molecule has 19 heavy (non-hydrogen) atoms. The van der Waals surface area contributed by atoms with Crippen LogP contribution in [0, 0.1) is 5.92 Å². The fourth-order valence-electron chi connectivity index (χ4n) is 2.40. The minimum absolute atomic E-state index is 0.00416. The molecule has 1 fully saturated rings. The standard InChI is InChI=1S/C13H20N4O2/c1-3-14-12-7-15-10(6-16-12)13(19)17-5-4-9(2)11(17)8-18/h6-7,9,11,18H,3-5,8H2,1-2H3,(H,14,16). The van der Waals surface area contributed by atoms with E-state index >= 15 is 0 Å². The third-order valence-corrected chi connectivity index (χ3v) is 3.56. The van der Waals surface area contributed by atoms with Crippen molar-refractivity contribution in [1.82, 2.24) is 14.9 Å². The molecule has 2 heterocycles. The van der Waals surface area contributed by atoms with E-state index in [0.29, 0.717) is 24.0 Å². The van der Waals surface area contributed by atoms with Crippen molar-refractivity contribution < 1.29 is 9.90 Å². The Morgan fingerprint density at radius 1 is 1.53 bits per heavy atom. The molecule has 2 atom stereocenters. The number of carbonyl (C=O) groups is 1. The highest BCUT2D eigenvalue weighted by molar-refractivity contribution is 5.92. The number of amides is 1. The predicted octanol–water partition coefficient (Wildman–Crippen LogP) is 0.751. The van der Waals surface area contributed by atoms with Crippen LogP contribution in [0.3, 0.4) is 0 Å². The fraction of sp³-hybridized carbons (Fsp3) is 0.615. The summed E-state index contributed by atoms with van der Waals surface area (Å²) in [6, 6.07) is -0.109. The van der Waals surface area contributed by atoms with Gasteiger partial charge in [0, 0.05) is 13.1 Å². The van der Waals surface area contributed by atoms with Crippen molar-refractivity contribution in [3.05, 3.63) is 18.1 Å². The van der Waals surface area contributed by atoms with Gasteiger partial charge in [-0.2, -0.15) is 0 Å². The zero-order valence-corrected chi connectivity index (χ0v) is 11.3. The number of aromatic nitrogens is 2. The second-order valence-electron chi connectivity index (χ2n) is 4.83. The number of aliphatic hydroxyl groups excluding tert-OH is 1. The van der Waals surface area contributed by atoms with Crippen molar-refractivity contribution >= 4 is 11.7 Å². The average molecular weight is 264 g/mol. The molecule has 6 heteroatoms. The minimum Gasteiger partial charge on any atom is -0.394 e. The lowest BCUT2D eigenvalue weighted by Gasteiger charge is -2.24. The molecule has 1 aliphatic rings. The van der Waals surface area contributed by atoms with Crippen LogP contribution < -0.4 is 5.32 Å². The number of hydrogen-bond donors (Lipinski definition) is 2. The van der Waals surface area contributed by atoms with Gasteiger partial charge in [-0.1, -0.05) is 6.92 Å². The number of carbonyl (C=O) groups excluding carboxylic acids is 1. The molecule has 1 aliphatic heterocycles. The molecule has 0 aromatic carbocycles. The maximum absolute atomic E-state index is 12.3. The maximum atomic E-state index is 12.3. The first-order chi connectivity index (χ1) is 9.17. The SMILES string of the molecule is CCNc1cnc(C(=O)N2CCC(C)C2CO)cn1. The summed E-state index contributed by atoms with van der Waals surface area (Å²) in [4.78, 5) is 22.3. The van der Waals surface area contributed by atoms with E-state index in [0.717, 1.165) is 13.0 Å². The van der Waals surface area contributed by atoms with E-state index in [1.54, 1.807) is 11.1 Å². The summed E-state index contributed by atoms with van der Waals surface area (Å²) in [7, 11) is 0. The average Bonchev–Trinajstić information content (AvgIpc) is 2.80. The van der Waals surface area contributed by atoms with Crippen molar-refractivity contribution in [2.24, 2.45) is 5.92 Å². The highest BCUT2D eigenvalue weighted by Crippen LogP contribution is 2.24. The molecule has 0 spiro atoms. The normalized spacial score (nSPS) is 22.6. The summed E-state index contributed by atoms with van der Waals surface area (Å²) < 4.78 is 0. The molecule has 1 aromatic heterocycles. The van der Waals surface area contributed by atoms with Gasteiger partial charge in [0.1, 0.15) is 11.5 Å². The van der Waals surface area contributed by atoms with Crippen LogP contribution in [0.25, 0.3) is 0 Å². The van der Waals surface area contributed by atoms with E-state index in [9.17, 15) is 9.90 Å². The fourth-order valence-corrected chi connectivity index (χ4v) is 2.40. The van der Waals surface area contributed by atoms with Crippen LogP contribution in [0.15, 0.2) is 12.4 Å². The third-order valence-electron chi connectivity index (χ3n) is 3.56. The van der Waals surface area contributed by atoms with Crippen molar-refractivity contribution in [1.29, 1.82) is 0 Å². The molecule has 0 bridgehead atoms. The molecule has 2 rings (SSSR count). The van der Waals surface area contributed by atoms with Crippen LogP contribution in [0.5, 0.6) is 0 Å². The van der Waals surface area contributed by atoms with Gasteiger partial charge in [0.15, 0.2) is 0 Å². The number of hydrogen-bond acceptors (Lipinski definition) is 5. The Balaban J connectivity index is 2.11. The van der Waals surface area contributed by atoms with Gasteiger partial charge in [-0.15, -0.1) is 0 Å². The van der Waals surface area contributed by atoms with Gasteiger partial charge in [-0.25, -0.2) is 9.97 Å². The number of likely N-dealkylation sites (tertiary alicyclic amines) is 1. The largest absolute Gasteiger partial charge is 0.394 e. The smallest absolute Gasteiger partial charge is 0.274 e. The maximum Gasteiger partial charge on any atom is 0.274 e. The van der Waals surface area contributed by atoms with Crippen molar-refractivity contribution in [3.63, 3.8) is 0 Å². The number of rotatable bonds is 4. The molecule has 0 saturated carbocycles. The van der Waals surface area contributed by atoms with E-state index in [1.807, 2.05) is 13.8 Å². The molecule has 0 radical (unpaired) electrons. The Labute approximate surface area is 112 Å². The van der Waals surface area contributed by atoms with Crippen LogP contribution in [0.4, 0.5) is 5.82 Å². The lowest BCUT2D eigenvalue weighted by molar-refractivity contribution is 0.0642. The van der Waals surface area contributed by atoms with Crippen LogP contribution in [-0.4, -0.2) is 51.6 Å². The highest BCUT2D eigenvalue weighted by Gasteiger charge is 2.34. The molecule has 2 N–H and O–H groups in total. The zero-order valence-electron chi connectivity index (χ0n) is 11.3. The molecule has 0 aliphatic carbocycles. The van der Waals surface area contributed by atoms with Gasteiger partial charge in [0.2, 0.25) is 0 Å². The van der Waals surface area contributed by atoms with Gasteiger partial charge in [0.25, 0.3) is 5.91 Å². The number of aliphatic hydroxyl groups is 1. The van der Waals surface area contributed by atoms with Crippen LogP contribution in [0.1, 0.15) is 30.8 Å². The lowest BCUT2D eigenvalue weighted by Crippen LogP contribution is -2.40. The van der Waals surface area contributed by atoms with Crippen LogP contribution in [0.2, 0.25) is 0 Å². The Morgan fingerprint density at radius 2 is 2.32 bits per heavy atom. The second kappa shape index (κ2) is 5.97. The van der Waals surface area contributed by atoms with Crippen LogP contribution in [-0.2, 0) is 0 Å². The number of anilines is 1. The summed E-state index contributed by atoms with van der Waals surface area (Å²) in [5.41, 5.74) is 0.328. The van der Waals surface area contributed by atoms with E-state index in [-0.39, 0.29) is 18.6 Å². The summed E-state index contributed by atoms with van der Waals surface area (Å²) >= 11 is 0. The lowest BCUT2D eigenvalue weighted by atomic mass is 10.0. The monoisotopic (exact) mass is 264 g/mol. The summed E-state index contributed by atoms with van der Waals surface area (Å²) in [6.07, 6.45) is 3.96. The van der Waals surface area contributed by atoms with Gasteiger partial charge in [0.05, 0.1) is 25.0 Å². The molecular formula is C13H20N4O2. The number of nitrogens with one attached hydrogen (secondary N) is 1. The first kappa shape index (κ1) is 13.7. The predicted molar refractivity (Wildman–Crippen MR) is 71.9 cm³/mol. The van der Waals surface area contributed by atoms with Crippen LogP contribution >= 0.6 is 0 Å². The first-order valence-corrected chi connectivity index (χ1v) is 6.65. The van der Waals surface area contributed by atoms with Gasteiger partial charge in [-0.05, 0) is 19.3 Å². The summed E-state index contributed by atoms with van der Waals surface area (Å²) in [6.45, 7) is 5.45. The molecule has 104 valence electrons. The van der Waals surface area contributed by atoms with E-state index < -0.39 is 0 Å². The molecule has 1 aromatic rings. The molecule has 1 saturated heterocycles. The number of nitrogens with zero attached hydrogens (tertiary/aromatic N) is 3. The molecular weight excluding hydrogens is 244 g/mol. The molecule has 6 nitrogen and oxygen atoms in total. The summed E-state index contributed by atoms with van der Waals surface area (Å²) in [5.74, 6) is 0.828. The highest BCUT2D eigenvalue weighted by atomic mass is 16.3. The second-order valence-corrected chi connectivity index (χ2v) is 4.83.